The second-order valence-electron chi connectivity index (χ2n) is 5.16. The molecule has 0 aliphatic carbocycles. The lowest BCUT2D eigenvalue weighted by Crippen LogP contribution is -2.20. The standard InChI is InChI=1S/C17H26O2/c1-6-9-10-15(11-13-16(4,18)7-2)12-14-17(5,19)8-3/h10,18-19H,6-9H2,1-5H3. The van der Waals surface area contributed by atoms with E-state index in [0.29, 0.717) is 18.4 Å². The molecular weight excluding hydrogens is 236 g/mol. The third-order valence-electron chi connectivity index (χ3n) is 2.95. The average molecular weight is 262 g/mol. The van der Waals surface area contributed by atoms with Gasteiger partial charge in [-0.3, -0.25) is 0 Å². The molecule has 0 spiro atoms. The molecule has 0 aliphatic heterocycles. The SMILES string of the molecule is CCCC=C(C#CC(C)(O)CC)C#CC(C)(O)CC. The molecular formula is C17H26O2. The molecule has 0 amide bonds. The van der Waals surface area contributed by atoms with Crippen LogP contribution in [0.1, 0.15) is 60.3 Å². The Labute approximate surface area is 117 Å². The molecule has 2 atom stereocenters. The molecule has 0 aromatic rings. The van der Waals surface area contributed by atoms with Crippen molar-refractivity contribution in [3.63, 3.8) is 0 Å². The molecule has 0 fully saturated rings. The lowest BCUT2D eigenvalue weighted by Gasteiger charge is -2.12. The summed E-state index contributed by atoms with van der Waals surface area (Å²) in [5.41, 5.74) is -1.30. The Hall–Kier alpha value is -1.22. The van der Waals surface area contributed by atoms with Crippen LogP contribution in [-0.2, 0) is 0 Å². The van der Waals surface area contributed by atoms with Crippen LogP contribution in [0.25, 0.3) is 0 Å². The Morgan fingerprint density at radius 2 is 1.37 bits per heavy atom. The molecule has 0 saturated heterocycles. The van der Waals surface area contributed by atoms with Gasteiger partial charge in [-0.1, -0.05) is 56.9 Å². The van der Waals surface area contributed by atoms with E-state index < -0.39 is 11.2 Å². The van der Waals surface area contributed by atoms with Crippen LogP contribution in [0.5, 0.6) is 0 Å². The smallest absolute Gasteiger partial charge is 0.122 e. The van der Waals surface area contributed by atoms with Gasteiger partial charge in [0, 0.05) is 0 Å². The van der Waals surface area contributed by atoms with E-state index in [1.165, 1.54) is 0 Å². The molecule has 0 aromatic carbocycles. The van der Waals surface area contributed by atoms with Crippen LogP contribution in [0.15, 0.2) is 11.6 Å². The normalized spacial score (nSPS) is 15.9. The van der Waals surface area contributed by atoms with Crippen molar-refractivity contribution in [2.24, 2.45) is 0 Å². The van der Waals surface area contributed by atoms with Crippen molar-refractivity contribution in [2.75, 3.05) is 0 Å². The highest BCUT2D eigenvalue weighted by molar-refractivity contribution is 5.46. The van der Waals surface area contributed by atoms with Crippen LogP contribution in [0.4, 0.5) is 0 Å². The maximum atomic E-state index is 9.87. The fraction of sp³-hybridized carbons (Fsp3) is 0.647. The number of allylic oxidation sites excluding steroid dienone is 2. The highest BCUT2D eigenvalue weighted by atomic mass is 16.3. The van der Waals surface area contributed by atoms with E-state index in [1.54, 1.807) is 13.8 Å². The van der Waals surface area contributed by atoms with Crippen LogP contribution in [-0.4, -0.2) is 21.4 Å². The van der Waals surface area contributed by atoms with E-state index in [2.05, 4.69) is 30.6 Å². The minimum Gasteiger partial charge on any atom is -0.378 e. The van der Waals surface area contributed by atoms with Gasteiger partial charge in [0.25, 0.3) is 0 Å². The summed E-state index contributed by atoms with van der Waals surface area (Å²) in [6, 6.07) is 0. The fourth-order valence-electron chi connectivity index (χ4n) is 1.00. The van der Waals surface area contributed by atoms with Crippen LogP contribution in [0, 0.1) is 23.7 Å². The number of unbranched alkanes of at least 4 members (excludes halogenated alkanes) is 1. The van der Waals surface area contributed by atoms with Crippen molar-refractivity contribution < 1.29 is 10.2 Å². The summed E-state index contributed by atoms with van der Waals surface area (Å²) in [4.78, 5) is 0. The van der Waals surface area contributed by atoms with Crippen molar-refractivity contribution in [1.29, 1.82) is 0 Å². The average Bonchev–Trinajstić information content (AvgIpc) is 2.38. The zero-order valence-electron chi connectivity index (χ0n) is 12.8. The minimum absolute atomic E-state index is 0.571. The molecule has 0 bridgehead atoms. The molecule has 2 nitrogen and oxygen atoms in total. The largest absolute Gasteiger partial charge is 0.378 e. The van der Waals surface area contributed by atoms with E-state index in [4.69, 9.17) is 0 Å². The van der Waals surface area contributed by atoms with E-state index in [0.717, 1.165) is 12.8 Å². The van der Waals surface area contributed by atoms with Gasteiger partial charge in [-0.05, 0) is 33.1 Å². The molecule has 0 aromatic heterocycles. The first-order chi connectivity index (χ1) is 8.76. The first-order valence-corrected chi connectivity index (χ1v) is 6.97. The number of hydrogen-bond donors (Lipinski definition) is 2. The Morgan fingerprint density at radius 3 is 1.68 bits per heavy atom. The lowest BCUT2D eigenvalue weighted by molar-refractivity contribution is 0.118. The van der Waals surface area contributed by atoms with Gasteiger partial charge in [-0.15, -0.1) is 0 Å². The molecule has 19 heavy (non-hydrogen) atoms. The molecule has 2 N–H and O–H groups in total. The monoisotopic (exact) mass is 262 g/mol. The van der Waals surface area contributed by atoms with Gasteiger partial charge >= 0.3 is 0 Å². The summed E-state index contributed by atoms with van der Waals surface area (Å²) in [5.74, 6) is 11.5. The van der Waals surface area contributed by atoms with Crippen molar-refractivity contribution in [3.8, 4) is 23.7 Å². The summed E-state index contributed by atoms with van der Waals surface area (Å²) >= 11 is 0. The predicted octanol–water partition coefficient (Wildman–Crippen LogP) is 3.04. The van der Waals surface area contributed by atoms with Gasteiger partial charge in [0.15, 0.2) is 0 Å². The first-order valence-electron chi connectivity index (χ1n) is 6.97. The van der Waals surface area contributed by atoms with Crippen LogP contribution in [0.3, 0.4) is 0 Å². The molecule has 0 aliphatic rings. The van der Waals surface area contributed by atoms with Crippen LogP contribution >= 0.6 is 0 Å². The minimum atomic E-state index is -0.986. The lowest BCUT2D eigenvalue weighted by atomic mass is 10.0. The first kappa shape index (κ1) is 17.8. The van der Waals surface area contributed by atoms with Crippen molar-refractivity contribution >= 4 is 0 Å². The fourth-order valence-corrected chi connectivity index (χ4v) is 1.00. The van der Waals surface area contributed by atoms with Crippen molar-refractivity contribution in [1.82, 2.24) is 0 Å². The van der Waals surface area contributed by atoms with Gasteiger partial charge in [0.1, 0.15) is 11.2 Å². The van der Waals surface area contributed by atoms with Crippen LogP contribution in [0.2, 0.25) is 0 Å². The van der Waals surface area contributed by atoms with Gasteiger partial charge in [-0.2, -0.15) is 0 Å². The molecule has 0 saturated carbocycles. The maximum Gasteiger partial charge on any atom is 0.122 e. The summed E-state index contributed by atoms with van der Waals surface area (Å²) in [6.45, 7) is 9.23. The molecule has 0 heterocycles. The highest BCUT2D eigenvalue weighted by Gasteiger charge is 2.13. The second-order valence-corrected chi connectivity index (χ2v) is 5.16. The summed E-state index contributed by atoms with van der Waals surface area (Å²) in [6.07, 6.45) is 5.00. The summed E-state index contributed by atoms with van der Waals surface area (Å²) < 4.78 is 0. The summed E-state index contributed by atoms with van der Waals surface area (Å²) in [5, 5.41) is 19.7. The quantitative estimate of drug-likeness (QED) is 0.765. The Kier molecular flexibility index (Phi) is 7.53. The van der Waals surface area contributed by atoms with Gasteiger partial charge in [0.2, 0.25) is 0 Å². The number of hydrogen-bond acceptors (Lipinski definition) is 2. The maximum absolute atomic E-state index is 9.87. The van der Waals surface area contributed by atoms with Gasteiger partial charge in [0.05, 0.1) is 5.57 Å². The van der Waals surface area contributed by atoms with Gasteiger partial charge in [-0.25, -0.2) is 0 Å². The third-order valence-corrected chi connectivity index (χ3v) is 2.95. The van der Waals surface area contributed by atoms with E-state index >= 15 is 0 Å². The topological polar surface area (TPSA) is 40.5 Å². The molecule has 0 radical (unpaired) electrons. The second kappa shape index (κ2) is 8.05. The molecule has 106 valence electrons. The summed E-state index contributed by atoms with van der Waals surface area (Å²) in [7, 11) is 0. The van der Waals surface area contributed by atoms with E-state index in [1.807, 2.05) is 19.9 Å². The highest BCUT2D eigenvalue weighted by Crippen LogP contribution is 2.09. The van der Waals surface area contributed by atoms with E-state index in [-0.39, 0.29) is 0 Å². The Bertz CT molecular complexity index is 384. The molecule has 0 rings (SSSR count). The zero-order chi connectivity index (χ0) is 14.9. The third kappa shape index (κ3) is 8.49. The number of rotatable bonds is 4. The van der Waals surface area contributed by atoms with Crippen molar-refractivity contribution in [2.45, 2.75) is 71.5 Å². The van der Waals surface area contributed by atoms with Crippen molar-refractivity contribution in [3.05, 3.63) is 11.6 Å². The zero-order valence-corrected chi connectivity index (χ0v) is 12.8. The molecule has 2 heteroatoms. The molecule has 2 unspecified atom stereocenters. The number of aliphatic hydroxyl groups is 2. The van der Waals surface area contributed by atoms with E-state index in [9.17, 15) is 10.2 Å². The predicted molar refractivity (Wildman–Crippen MR) is 80.4 cm³/mol. The van der Waals surface area contributed by atoms with Gasteiger partial charge < -0.3 is 10.2 Å². The van der Waals surface area contributed by atoms with Crippen LogP contribution < -0.4 is 0 Å². The Morgan fingerprint density at radius 1 is 0.947 bits per heavy atom. The Balaban J connectivity index is 5.16.